The standard InChI is InChI=1S/C48H95NO5/c1-7-13-22-32-45(33-23-14-8-2)43-47(51)54-41-29-21-19-25-35-48(52,36-26-27-39-49(37-11-5)38-12-6)34-24-18-17-20-28-40-53-46(50)42-44(30-15-9-3)31-16-10-4/h44-45,52H,7-43H2,1-6H3. The number of rotatable bonds is 42. The lowest BCUT2D eigenvalue weighted by Crippen LogP contribution is -2.30. The minimum Gasteiger partial charge on any atom is -0.466 e. The average Bonchev–Trinajstić information content (AvgIpc) is 3.15. The van der Waals surface area contributed by atoms with E-state index in [1.165, 1.54) is 90.1 Å². The first-order valence-corrected chi connectivity index (χ1v) is 24.0. The number of hydrogen-bond donors (Lipinski definition) is 1. The molecule has 6 heteroatoms. The SMILES string of the molecule is CCCCCC(CCCCC)CC(=O)OCCCCCCC(O)(CCCCCCCOC(=O)CC(CCCC)CCCC)CCCCN(CCC)CCC. The summed E-state index contributed by atoms with van der Waals surface area (Å²) >= 11 is 0. The van der Waals surface area contributed by atoms with Crippen LogP contribution in [0.25, 0.3) is 0 Å². The predicted molar refractivity (Wildman–Crippen MR) is 232 cm³/mol. The Balaban J connectivity index is 4.61. The highest BCUT2D eigenvalue weighted by Gasteiger charge is 2.25. The molecule has 0 aliphatic rings. The molecular formula is C48H95NO5. The molecule has 1 unspecified atom stereocenters. The van der Waals surface area contributed by atoms with Gasteiger partial charge < -0.3 is 19.5 Å². The molecule has 322 valence electrons. The van der Waals surface area contributed by atoms with Gasteiger partial charge in [0.2, 0.25) is 0 Å². The Bertz CT molecular complexity index is 797. The van der Waals surface area contributed by atoms with E-state index < -0.39 is 5.60 Å². The molecule has 0 aliphatic heterocycles. The van der Waals surface area contributed by atoms with E-state index >= 15 is 0 Å². The van der Waals surface area contributed by atoms with E-state index in [-0.39, 0.29) is 11.9 Å². The van der Waals surface area contributed by atoms with Crippen LogP contribution in [0.1, 0.15) is 247 Å². The van der Waals surface area contributed by atoms with Crippen LogP contribution < -0.4 is 0 Å². The number of unbranched alkanes of at least 4 members (excludes halogenated alkanes) is 14. The second-order valence-electron chi connectivity index (χ2n) is 17.1. The third kappa shape index (κ3) is 33.0. The maximum Gasteiger partial charge on any atom is 0.306 e. The van der Waals surface area contributed by atoms with Crippen molar-refractivity contribution in [2.24, 2.45) is 11.8 Å². The van der Waals surface area contributed by atoms with Gasteiger partial charge in [-0.3, -0.25) is 9.59 Å². The van der Waals surface area contributed by atoms with Crippen LogP contribution >= 0.6 is 0 Å². The van der Waals surface area contributed by atoms with Crippen LogP contribution in [0.15, 0.2) is 0 Å². The van der Waals surface area contributed by atoms with Gasteiger partial charge in [-0.25, -0.2) is 0 Å². The van der Waals surface area contributed by atoms with E-state index in [0.29, 0.717) is 37.9 Å². The summed E-state index contributed by atoms with van der Waals surface area (Å²) < 4.78 is 11.3. The van der Waals surface area contributed by atoms with Gasteiger partial charge in [-0.05, 0) is 115 Å². The van der Waals surface area contributed by atoms with Crippen LogP contribution in [-0.4, -0.2) is 60.4 Å². The number of aliphatic hydroxyl groups is 1. The smallest absolute Gasteiger partial charge is 0.306 e. The Kier molecular flexibility index (Phi) is 37.9. The average molecular weight is 766 g/mol. The molecule has 0 heterocycles. The molecule has 0 radical (unpaired) electrons. The molecular weight excluding hydrogens is 671 g/mol. The minimum atomic E-state index is -0.584. The fourth-order valence-electron chi connectivity index (χ4n) is 8.14. The van der Waals surface area contributed by atoms with Gasteiger partial charge in [-0.2, -0.15) is 0 Å². The summed E-state index contributed by atoms with van der Waals surface area (Å²) in [5.41, 5.74) is -0.584. The molecule has 0 aromatic carbocycles. The summed E-state index contributed by atoms with van der Waals surface area (Å²) in [6, 6.07) is 0. The number of esters is 2. The summed E-state index contributed by atoms with van der Waals surface area (Å²) in [5.74, 6) is 0.946. The Hall–Kier alpha value is -1.14. The molecule has 0 rings (SSSR count). The minimum absolute atomic E-state index is 0.00595. The first-order chi connectivity index (χ1) is 26.3. The van der Waals surface area contributed by atoms with E-state index in [1.54, 1.807) is 0 Å². The van der Waals surface area contributed by atoms with Crippen molar-refractivity contribution in [1.82, 2.24) is 4.90 Å². The van der Waals surface area contributed by atoms with E-state index in [4.69, 9.17) is 9.47 Å². The second-order valence-corrected chi connectivity index (χ2v) is 17.1. The molecule has 0 aromatic heterocycles. The van der Waals surface area contributed by atoms with Gasteiger partial charge in [0.15, 0.2) is 0 Å². The van der Waals surface area contributed by atoms with Crippen molar-refractivity contribution in [3.05, 3.63) is 0 Å². The lowest BCUT2D eigenvalue weighted by molar-refractivity contribution is -0.146. The van der Waals surface area contributed by atoms with Crippen molar-refractivity contribution in [2.45, 2.75) is 253 Å². The van der Waals surface area contributed by atoms with Gasteiger partial charge >= 0.3 is 11.9 Å². The normalized spacial score (nSPS) is 12.9. The Morgan fingerprint density at radius 3 is 1.22 bits per heavy atom. The molecule has 0 saturated heterocycles. The predicted octanol–water partition coefficient (Wildman–Crippen LogP) is 13.9. The molecule has 0 spiro atoms. The van der Waals surface area contributed by atoms with Crippen LogP contribution in [0.5, 0.6) is 0 Å². The van der Waals surface area contributed by atoms with Crippen molar-refractivity contribution in [3.8, 4) is 0 Å². The van der Waals surface area contributed by atoms with Crippen LogP contribution in [0.2, 0.25) is 0 Å². The fraction of sp³-hybridized carbons (Fsp3) is 0.958. The first kappa shape index (κ1) is 52.9. The Morgan fingerprint density at radius 2 is 0.815 bits per heavy atom. The molecule has 6 nitrogen and oxygen atoms in total. The maximum absolute atomic E-state index is 12.6. The Morgan fingerprint density at radius 1 is 0.444 bits per heavy atom. The van der Waals surface area contributed by atoms with Crippen molar-refractivity contribution >= 4 is 11.9 Å². The maximum atomic E-state index is 12.6. The van der Waals surface area contributed by atoms with Gasteiger partial charge in [0.25, 0.3) is 0 Å². The lowest BCUT2D eigenvalue weighted by Gasteiger charge is -2.29. The molecule has 0 fully saturated rings. The summed E-state index contributed by atoms with van der Waals surface area (Å²) in [4.78, 5) is 27.7. The topological polar surface area (TPSA) is 76.1 Å². The number of carbonyl (C=O) groups is 2. The zero-order valence-electron chi connectivity index (χ0n) is 37.3. The molecule has 0 aliphatic carbocycles. The number of carbonyl (C=O) groups excluding carboxylic acids is 2. The van der Waals surface area contributed by atoms with E-state index in [1.807, 2.05) is 0 Å². The largest absolute Gasteiger partial charge is 0.466 e. The van der Waals surface area contributed by atoms with Gasteiger partial charge in [-0.1, -0.05) is 151 Å². The summed E-state index contributed by atoms with van der Waals surface area (Å²) in [5, 5.41) is 11.8. The van der Waals surface area contributed by atoms with E-state index in [9.17, 15) is 14.7 Å². The van der Waals surface area contributed by atoms with Crippen LogP contribution in [0.3, 0.4) is 0 Å². The van der Waals surface area contributed by atoms with E-state index in [2.05, 4.69) is 46.4 Å². The Labute approximate surface area is 337 Å². The van der Waals surface area contributed by atoms with Crippen LogP contribution in [-0.2, 0) is 19.1 Å². The number of hydrogen-bond acceptors (Lipinski definition) is 6. The quantitative estimate of drug-likeness (QED) is 0.0493. The number of nitrogens with zero attached hydrogens (tertiary/aromatic N) is 1. The lowest BCUT2D eigenvalue weighted by atomic mass is 9.85. The molecule has 1 atom stereocenters. The van der Waals surface area contributed by atoms with Crippen molar-refractivity contribution < 1.29 is 24.2 Å². The van der Waals surface area contributed by atoms with Gasteiger partial charge in [0.1, 0.15) is 0 Å². The summed E-state index contributed by atoms with van der Waals surface area (Å²) in [6.07, 6.45) is 34.6. The first-order valence-electron chi connectivity index (χ1n) is 24.0. The molecule has 0 aromatic rings. The third-order valence-corrected chi connectivity index (χ3v) is 11.6. The summed E-state index contributed by atoms with van der Waals surface area (Å²) in [6.45, 7) is 18.0. The van der Waals surface area contributed by atoms with Crippen molar-refractivity contribution in [3.63, 3.8) is 0 Å². The molecule has 54 heavy (non-hydrogen) atoms. The highest BCUT2D eigenvalue weighted by molar-refractivity contribution is 5.70. The van der Waals surface area contributed by atoms with Gasteiger partial charge in [0.05, 0.1) is 18.8 Å². The monoisotopic (exact) mass is 766 g/mol. The molecule has 0 saturated carbocycles. The van der Waals surface area contributed by atoms with Crippen LogP contribution in [0.4, 0.5) is 0 Å². The van der Waals surface area contributed by atoms with E-state index in [0.717, 1.165) is 122 Å². The molecule has 1 N–H and O–H groups in total. The van der Waals surface area contributed by atoms with Crippen LogP contribution in [0, 0.1) is 11.8 Å². The number of ether oxygens (including phenoxy) is 2. The van der Waals surface area contributed by atoms with Crippen molar-refractivity contribution in [2.75, 3.05) is 32.8 Å². The highest BCUT2D eigenvalue weighted by atomic mass is 16.5. The molecule has 0 bridgehead atoms. The summed E-state index contributed by atoms with van der Waals surface area (Å²) in [7, 11) is 0. The highest BCUT2D eigenvalue weighted by Crippen LogP contribution is 2.29. The van der Waals surface area contributed by atoms with Gasteiger partial charge in [-0.15, -0.1) is 0 Å². The zero-order valence-corrected chi connectivity index (χ0v) is 37.3. The third-order valence-electron chi connectivity index (χ3n) is 11.6. The second kappa shape index (κ2) is 38.7. The van der Waals surface area contributed by atoms with Gasteiger partial charge in [0, 0.05) is 12.8 Å². The zero-order chi connectivity index (χ0) is 40.0. The molecule has 0 amide bonds. The fourth-order valence-corrected chi connectivity index (χ4v) is 8.14. The van der Waals surface area contributed by atoms with Crippen molar-refractivity contribution in [1.29, 1.82) is 0 Å².